The number of rotatable bonds is 3. The molecule has 0 aliphatic rings. The number of hydrogen-bond donors (Lipinski definition) is 1. The van der Waals surface area contributed by atoms with Gasteiger partial charge in [-0.05, 0) is 18.2 Å². The van der Waals surface area contributed by atoms with Gasteiger partial charge in [-0.3, -0.25) is 4.79 Å². The van der Waals surface area contributed by atoms with Crippen LogP contribution in [-0.4, -0.2) is 23.2 Å². The number of benzene rings is 1. The highest BCUT2D eigenvalue weighted by molar-refractivity contribution is 6.34. The van der Waals surface area contributed by atoms with Crippen LogP contribution in [0.2, 0.25) is 10.3 Å². The predicted molar refractivity (Wildman–Crippen MR) is 73.0 cm³/mol. The Morgan fingerprint density at radius 2 is 2.05 bits per heavy atom. The highest BCUT2D eigenvalue weighted by Crippen LogP contribution is 2.26. The van der Waals surface area contributed by atoms with Crippen LogP contribution in [0, 0.1) is 5.82 Å². The van der Waals surface area contributed by atoms with E-state index in [0.717, 1.165) is 6.07 Å². The molecule has 1 N–H and O–H groups in total. The molecule has 0 radical (unpaired) electrons. The molecule has 0 fully saturated rings. The lowest BCUT2D eigenvalue weighted by atomic mass is 10.2. The number of amides is 1. The van der Waals surface area contributed by atoms with Crippen molar-refractivity contribution in [1.29, 1.82) is 0 Å². The Morgan fingerprint density at radius 3 is 2.75 bits per heavy atom. The minimum atomic E-state index is -0.559. The summed E-state index contributed by atoms with van der Waals surface area (Å²) in [6.45, 7) is 0. The maximum absolute atomic E-state index is 13.1. The second-order valence-corrected chi connectivity index (χ2v) is 4.42. The first kappa shape index (κ1) is 14.5. The van der Waals surface area contributed by atoms with Crippen molar-refractivity contribution in [3.05, 3.63) is 46.0 Å². The molecule has 2 rings (SSSR count). The van der Waals surface area contributed by atoms with Crippen LogP contribution < -0.4 is 10.1 Å². The van der Waals surface area contributed by atoms with Gasteiger partial charge < -0.3 is 10.1 Å². The van der Waals surface area contributed by atoms with Crippen LogP contribution in [0.3, 0.4) is 0 Å². The molecule has 0 saturated heterocycles. The second-order valence-electron chi connectivity index (χ2n) is 3.67. The SMILES string of the molecule is COc1cc(F)ccc1NC(=O)c1cc(Cl)nnc1Cl. The van der Waals surface area contributed by atoms with E-state index in [9.17, 15) is 9.18 Å². The number of nitrogens with zero attached hydrogens (tertiary/aromatic N) is 2. The van der Waals surface area contributed by atoms with Gasteiger partial charge in [0.15, 0.2) is 10.3 Å². The van der Waals surface area contributed by atoms with Crippen molar-refractivity contribution in [2.24, 2.45) is 0 Å². The molecule has 0 saturated carbocycles. The topological polar surface area (TPSA) is 64.1 Å². The number of anilines is 1. The fourth-order valence-electron chi connectivity index (χ4n) is 1.47. The zero-order chi connectivity index (χ0) is 14.7. The van der Waals surface area contributed by atoms with Crippen LogP contribution in [0.15, 0.2) is 24.3 Å². The van der Waals surface area contributed by atoms with Crippen molar-refractivity contribution in [3.63, 3.8) is 0 Å². The van der Waals surface area contributed by atoms with Gasteiger partial charge in [0, 0.05) is 6.07 Å². The number of methoxy groups -OCH3 is 1. The lowest BCUT2D eigenvalue weighted by Crippen LogP contribution is -2.14. The largest absolute Gasteiger partial charge is 0.494 e. The highest BCUT2D eigenvalue weighted by atomic mass is 35.5. The Kier molecular flexibility index (Phi) is 4.36. The monoisotopic (exact) mass is 315 g/mol. The maximum atomic E-state index is 13.1. The Hall–Kier alpha value is -1.92. The fourth-order valence-corrected chi connectivity index (χ4v) is 1.80. The molecular formula is C12H8Cl2FN3O2. The summed E-state index contributed by atoms with van der Waals surface area (Å²) in [7, 11) is 1.36. The summed E-state index contributed by atoms with van der Waals surface area (Å²) >= 11 is 11.4. The summed E-state index contributed by atoms with van der Waals surface area (Å²) in [4.78, 5) is 12.1. The Labute approximate surface area is 123 Å². The van der Waals surface area contributed by atoms with Crippen molar-refractivity contribution in [2.45, 2.75) is 0 Å². The van der Waals surface area contributed by atoms with Crippen LogP contribution in [0.1, 0.15) is 10.4 Å². The first-order valence-electron chi connectivity index (χ1n) is 5.35. The minimum Gasteiger partial charge on any atom is -0.494 e. The third-order valence-corrected chi connectivity index (χ3v) is 2.84. The zero-order valence-electron chi connectivity index (χ0n) is 10.2. The standard InChI is InChI=1S/C12H8Cl2FN3O2/c1-20-9-4-6(15)2-3-8(9)16-12(19)7-5-10(13)17-18-11(7)14/h2-5H,1H3,(H,16,19). The molecular weight excluding hydrogens is 308 g/mol. The second kappa shape index (κ2) is 6.02. The minimum absolute atomic E-state index is 0.0330. The van der Waals surface area contributed by atoms with Gasteiger partial charge in [0.05, 0.1) is 18.4 Å². The molecule has 1 aromatic heterocycles. The Bertz CT molecular complexity index is 667. The van der Waals surface area contributed by atoms with Crippen molar-refractivity contribution < 1.29 is 13.9 Å². The third-order valence-electron chi connectivity index (χ3n) is 2.38. The number of hydrogen-bond acceptors (Lipinski definition) is 4. The van der Waals surface area contributed by atoms with Crippen molar-refractivity contribution in [3.8, 4) is 5.75 Å². The molecule has 1 aromatic carbocycles. The summed E-state index contributed by atoms with van der Waals surface area (Å²) in [5.74, 6) is -0.856. The van der Waals surface area contributed by atoms with E-state index in [2.05, 4.69) is 15.5 Å². The molecule has 0 aliphatic heterocycles. The van der Waals surface area contributed by atoms with E-state index in [0.29, 0.717) is 5.69 Å². The summed E-state index contributed by atoms with van der Waals surface area (Å²) in [5, 5.41) is 9.51. The van der Waals surface area contributed by atoms with E-state index in [-0.39, 0.29) is 21.6 Å². The van der Waals surface area contributed by atoms with Crippen molar-refractivity contribution >= 4 is 34.8 Å². The average molecular weight is 316 g/mol. The summed E-state index contributed by atoms with van der Waals surface area (Å²) < 4.78 is 18.0. The Morgan fingerprint density at radius 1 is 1.30 bits per heavy atom. The van der Waals surface area contributed by atoms with Crippen LogP contribution in [0.25, 0.3) is 0 Å². The molecule has 0 atom stereocenters. The van der Waals surface area contributed by atoms with E-state index < -0.39 is 11.7 Å². The number of carbonyl (C=O) groups is 1. The van der Waals surface area contributed by atoms with Gasteiger partial charge in [-0.25, -0.2) is 4.39 Å². The number of aromatic nitrogens is 2. The normalized spacial score (nSPS) is 10.2. The lowest BCUT2D eigenvalue weighted by Gasteiger charge is -2.10. The maximum Gasteiger partial charge on any atom is 0.259 e. The number of ether oxygens (including phenoxy) is 1. The molecule has 1 amide bonds. The average Bonchev–Trinajstić information content (AvgIpc) is 2.43. The Balaban J connectivity index is 2.30. The number of carbonyl (C=O) groups excluding carboxylic acids is 1. The van der Waals surface area contributed by atoms with Crippen molar-refractivity contribution in [1.82, 2.24) is 10.2 Å². The quantitative estimate of drug-likeness (QED) is 0.944. The van der Waals surface area contributed by atoms with E-state index in [1.54, 1.807) is 0 Å². The van der Waals surface area contributed by atoms with Crippen LogP contribution in [0.4, 0.5) is 10.1 Å². The molecule has 8 heteroatoms. The van der Waals surface area contributed by atoms with Gasteiger partial charge in [0.2, 0.25) is 0 Å². The van der Waals surface area contributed by atoms with E-state index >= 15 is 0 Å². The zero-order valence-corrected chi connectivity index (χ0v) is 11.7. The summed E-state index contributed by atoms with van der Waals surface area (Å²) in [6.07, 6.45) is 0. The van der Waals surface area contributed by atoms with E-state index in [4.69, 9.17) is 27.9 Å². The van der Waals surface area contributed by atoms with Gasteiger partial charge >= 0.3 is 0 Å². The van der Waals surface area contributed by atoms with Crippen molar-refractivity contribution in [2.75, 3.05) is 12.4 Å². The van der Waals surface area contributed by atoms with E-state index in [1.165, 1.54) is 25.3 Å². The summed E-state index contributed by atoms with van der Waals surface area (Å²) in [6, 6.07) is 4.99. The molecule has 0 bridgehead atoms. The first-order chi connectivity index (χ1) is 9.51. The first-order valence-corrected chi connectivity index (χ1v) is 6.10. The highest BCUT2D eigenvalue weighted by Gasteiger charge is 2.15. The molecule has 5 nitrogen and oxygen atoms in total. The van der Waals surface area contributed by atoms with E-state index in [1.807, 2.05) is 0 Å². The fraction of sp³-hybridized carbons (Fsp3) is 0.0833. The molecule has 1 heterocycles. The van der Waals surface area contributed by atoms with Gasteiger partial charge in [-0.2, -0.15) is 0 Å². The van der Waals surface area contributed by atoms with Gasteiger partial charge in [0.1, 0.15) is 11.6 Å². The predicted octanol–water partition coefficient (Wildman–Crippen LogP) is 3.18. The van der Waals surface area contributed by atoms with Crippen LogP contribution in [-0.2, 0) is 0 Å². The molecule has 20 heavy (non-hydrogen) atoms. The van der Waals surface area contributed by atoms with Crippen LogP contribution >= 0.6 is 23.2 Å². The molecule has 0 aliphatic carbocycles. The third kappa shape index (κ3) is 3.15. The molecule has 0 unspecified atom stereocenters. The lowest BCUT2D eigenvalue weighted by molar-refractivity contribution is 0.102. The number of nitrogens with one attached hydrogen (secondary N) is 1. The summed E-state index contributed by atoms with van der Waals surface area (Å²) in [5.41, 5.74) is 0.348. The molecule has 0 spiro atoms. The smallest absolute Gasteiger partial charge is 0.259 e. The van der Waals surface area contributed by atoms with Gasteiger partial charge in [-0.1, -0.05) is 23.2 Å². The molecule has 2 aromatic rings. The van der Waals surface area contributed by atoms with Gasteiger partial charge in [-0.15, -0.1) is 10.2 Å². The van der Waals surface area contributed by atoms with Gasteiger partial charge in [0.25, 0.3) is 5.91 Å². The molecule has 104 valence electrons. The van der Waals surface area contributed by atoms with Crippen LogP contribution in [0.5, 0.6) is 5.75 Å². The number of halogens is 3.